The third kappa shape index (κ3) is 2.59. The fraction of sp³-hybridized carbons (Fsp3) is 0.500. The molecule has 5 nitrogen and oxygen atoms in total. The summed E-state index contributed by atoms with van der Waals surface area (Å²) in [6.07, 6.45) is 6.07. The lowest BCUT2D eigenvalue weighted by atomic mass is 9.82. The van der Waals surface area contributed by atoms with Gasteiger partial charge < -0.3 is 10.4 Å². The van der Waals surface area contributed by atoms with Gasteiger partial charge in [-0.2, -0.15) is 0 Å². The van der Waals surface area contributed by atoms with Crippen LogP contribution in [0.1, 0.15) is 32.6 Å². The van der Waals surface area contributed by atoms with Gasteiger partial charge in [0.1, 0.15) is 0 Å². The average Bonchev–Trinajstić information content (AvgIpc) is 2.66. The number of rotatable bonds is 5. The number of unbranched alkanes of at least 4 members (excludes halogenated alkanes) is 1. The number of carboxylic acids is 1. The van der Waals surface area contributed by atoms with Crippen LogP contribution in [0, 0.1) is 11.8 Å². The predicted octanol–water partition coefficient (Wildman–Crippen LogP) is 1.41. The minimum Gasteiger partial charge on any atom is -0.481 e. The largest absolute Gasteiger partial charge is 0.481 e. The number of nitrogens with one attached hydrogen (secondary N) is 1. The number of amides is 1. The molecule has 2 unspecified atom stereocenters. The highest BCUT2D eigenvalue weighted by atomic mass is 16.4. The first kappa shape index (κ1) is 13.5. The van der Waals surface area contributed by atoms with Crippen LogP contribution >= 0.6 is 0 Å². The summed E-state index contributed by atoms with van der Waals surface area (Å²) in [5, 5.41) is 11.8. The van der Waals surface area contributed by atoms with Gasteiger partial charge in [0.15, 0.2) is 0 Å². The van der Waals surface area contributed by atoms with Gasteiger partial charge in [0.05, 0.1) is 11.8 Å². The second kappa shape index (κ2) is 5.38. The van der Waals surface area contributed by atoms with Crippen LogP contribution in [0.2, 0.25) is 0 Å². The molecular weight excluding hydrogens is 246 g/mol. The zero-order chi connectivity index (χ0) is 14.0. The Morgan fingerprint density at radius 2 is 2.21 bits per heavy atom. The molecule has 0 aromatic rings. The molecule has 0 saturated carbocycles. The SMILES string of the molecule is CCCCC(C(=O)O)C1=CC=C2NC(=O)C(=O)C2C1. The number of Topliss-reactive ketones (excluding diaryl/α,β-unsaturated/α-hetero) is 1. The Labute approximate surface area is 111 Å². The Hall–Kier alpha value is -1.91. The Balaban J connectivity index is 2.16. The van der Waals surface area contributed by atoms with Crippen molar-refractivity contribution >= 4 is 17.7 Å². The molecule has 0 spiro atoms. The smallest absolute Gasteiger partial charge is 0.310 e. The summed E-state index contributed by atoms with van der Waals surface area (Å²) in [5.41, 5.74) is 1.33. The highest BCUT2D eigenvalue weighted by Gasteiger charge is 2.40. The molecule has 2 atom stereocenters. The molecule has 5 heteroatoms. The molecule has 102 valence electrons. The normalized spacial score (nSPS) is 23.3. The van der Waals surface area contributed by atoms with Gasteiger partial charge in [-0.25, -0.2) is 0 Å². The Kier molecular flexibility index (Phi) is 3.83. The molecule has 0 aromatic carbocycles. The van der Waals surface area contributed by atoms with Gasteiger partial charge in [-0.15, -0.1) is 0 Å². The maximum absolute atomic E-state index is 11.7. The van der Waals surface area contributed by atoms with E-state index in [4.69, 9.17) is 0 Å². The van der Waals surface area contributed by atoms with Gasteiger partial charge in [-0.3, -0.25) is 14.4 Å². The van der Waals surface area contributed by atoms with Crippen molar-refractivity contribution in [3.8, 4) is 0 Å². The second-order valence-electron chi connectivity index (χ2n) is 4.97. The van der Waals surface area contributed by atoms with Crippen molar-refractivity contribution in [2.24, 2.45) is 11.8 Å². The number of fused-ring (bicyclic) bond motifs is 1. The zero-order valence-electron chi connectivity index (χ0n) is 10.8. The lowest BCUT2D eigenvalue weighted by Gasteiger charge is -2.21. The Morgan fingerprint density at radius 3 is 2.84 bits per heavy atom. The summed E-state index contributed by atoms with van der Waals surface area (Å²) in [7, 11) is 0. The van der Waals surface area contributed by atoms with E-state index in [0.29, 0.717) is 18.5 Å². The fourth-order valence-corrected chi connectivity index (χ4v) is 2.57. The van der Waals surface area contributed by atoms with E-state index in [2.05, 4.69) is 5.32 Å². The summed E-state index contributed by atoms with van der Waals surface area (Å²) in [4.78, 5) is 34.3. The monoisotopic (exact) mass is 263 g/mol. The van der Waals surface area contributed by atoms with Crippen LogP contribution < -0.4 is 5.32 Å². The van der Waals surface area contributed by atoms with Crippen molar-refractivity contribution in [2.45, 2.75) is 32.6 Å². The van der Waals surface area contributed by atoms with Gasteiger partial charge in [-0.05, 0) is 18.9 Å². The Bertz CT molecular complexity index is 490. The summed E-state index contributed by atoms with van der Waals surface area (Å²) < 4.78 is 0. The topological polar surface area (TPSA) is 83.5 Å². The third-order valence-electron chi connectivity index (χ3n) is 3.68. The summed E-state index contributed by atoms with van der Waals surface area (Å²) in [6.45, 7) is 2.01. The van der Waals surface area contributed by atoms with Crippen molar-refractivity contribution in [1.82, 2.24) is 5.32 Å². The van der Waals surface area contributed by atoms with E-state index in [1.807, 2.05) is 6.92 Å². The van der Waals surface area contributed by atoms with Crippen LogP contribution in [-0.2, 0) is 14.4 Å². The average molecular weight is 263 g/mol. The van der Waals surface area contributed by atoms with Gasteiger partial charge in [0.2, 0.25) is 5.78 Å². The molecular formula is C14H17NO4. The summed E-state index contributed by atoms with van der Waals surface area (Å²) in [5.74, 6) is -2.97. The minimum absolute atomic E-state index is 0.337. The van der Waals surface area contributed by atoms with E-state index in [0.717, 1.165) is 18.4 Å². The molecule has 1 saturated heterocycles. The number of carbonyl (C=O) groups excluding carboxylic acids is 2. The molecule has 2 rings (SSSR count). The van der Waals surface area contributed by atoms with Crippen molar-refractivity contribution in [2.75, 3.05) is 0 Å². The van der Waals surface area contributed by atoms with E-state index < -0.39 is 29.5 Å². The first-order valence-electron chi connectivity index (χ1n) is 6.53. The molecule has 2 aliphatic rings. The van der Waals surface area contributed by atoms with Crippen LogP contribution in [0.3, 0.4) is 0 Å². The number of allylic oxidation sites excluding steroid dienone is 3. The number of ketones is 1. The first-order chi connectivity index (χ1) is 9.04. The lowest BCUT2D eigenvalue weighted by Crippen LogP contribution is -2.22. The lowest BCUT2D eigenvalue weighted by molar-refractivity contribution is -0.140. The maximum Gasteiger partial charge on any atom is 0.310 e. The molecule has 1 heterocycles. The number of aliphatic carboxylic acids is 1. The quantitative estimate of drug-likeness (QED) is 0.734. The third-order valence-corrected chi connectivity index (χ3v) is 3.68. The molecule has 2 N–H and O–H groups in total. The fourth-order valence-electron chi connectivity index (χ4n) is 2.57. The molecule has 0 radical (unpaired) electrons. The van der Waals surface area contributed by atoms with Gasteiger partial charge in [-0.1, -0.05) is 31.4 Å². The number of carbonyl (C=O) groups is 3. The molecule has 1 aliphatic heterocycles. The van der Waals surface area contributed by atoms with Crippen LogP contribution in [0.15, 0.2) is 23.4 Å². The van der Waals surface area contributed by atoms with Crippen molar-refractivity contribution < 1.29 is 19.5 Å². The van der Waals surface area contributed by atoms with Gasteiger partial charge in [0, 0.05) is 5.70 Å². The highest BCUT2D eigenvalue weighted by Crippen LogP contribution is 2.33. The van der Waals surface area contributed by atoms with Gasteiger partial charge in [0.25, 0.3) is 5.91 Å². The van der Waals surface area contributed by atoms with E-state index in [1.54, 1.807) is 12.2 Å². The molecule has 0 bridgehead atoms. The van der Waals surface area contributed by atoms with Gasteiger partial charge >= 0.3 is 5.97 Å². The standard InChI is InChI=1S/C14H17NO4/c1-2-3-4-9(14(18)19)8-5-6-11-10(7-8)12(16)13(17)15-11/h5-6,9-10H,2-4,7H2,1H3,(H,15,17)(H,18,19). The van der Waals surface area contributed by atoms with Crippen LogP contribution in [-0.4, -0.2) is 22.8 Å². The van der Waals surface area contributed by atoms with E-state index in [1.165, 1.54) is 0 Å². The first-order valence-corrected chi connectivity index (χ1v) is 6.53. The highest BCUT2D eigenvalue weighted by molar-refractivity contribution is 6.40. The van der Waals surface area contributed by atoms with Crippen LogP contribution in [0.4, 0.5) is 0 Å². The van der Waals surface area contributed by atoms with Crippen molar-refractivity contribution in [3.05, 3.63) is 23.4 Å². The maximum atomic E-state index is 11.7. The molecule has 1 aliphatic carbocycles. The molecule has 19 heavy (non-hydrogen) atoms. The molecule has 0 aromatic heterocycles. The minimum atomic E-state index is -0.860. The van der Waals surface area contributed by atoms with E-state index in [9.17, 15) is 19.5 Å². The summed E-state index contributed by atoms with van der Waals surface area (Å²) >= 11 is 0. The van der Waals surface area contributed by atoms with Crippen LogP contribution in [0.5, 0.6) is 0 Å². The van der Waals surface area contributed by atoms with Crippen molar-refractivity contribution in [1.29, 1.82) is 0 Å². The second-order valence-corrected chi connectivity index (χ2v) is 4.97. The van der Waals surface area contributed by atoms with Crippen LogP contribution in [0.25, 0.3) is 0 Å². The van der Waals surface area contributed by atoms with E-state index >= 15 is 0 Å². The van der Waals surface area contributed by atoms with E-state index in [-0.39, 0.29) is 0 Å². The number of carboxylic acid groups (broad SMARTS) is 1. The molecule has 1 fully saturated rings. The number of hydrogen-bond acceptors (Lipinski definition) is 3. The number of hydrogen-bond donors (Lipinski definition) is 2. The Morgan fingerprint density at radius 1 is 1.47 bits per heavy atom. The summed E-state index contributed by atoms with van der Waals surface area (Å²) in [6, 6.07) is 0. The predicted molar refractivity (Wildman–Crippen MR) is 68.1 cm³/mol. The zero-order valence-corrected chi connectivity index (χ0v) is 10.8. The molecule has 1 amide bonds. The van der Waals surface area contributed by atoms with Crippen molar-refractivity contribution in [3.63, 3.8) is 0 Å².